The molecular formula is C16H11Cl2F3N2O3. The first kappa shape index (κ1) is 20.0. The number of hydrogen-bond donors (Lipinski definition) is 1. The van der Waals surface area contributed by atoms with Gasteiger partial charge in [-0.15, -0.1) is 0 Å². The van der Waals surface area contributed by atoms with Crippen LogP contribution in [0.15, 0.2) is 36.5 Å². The lowest BCUT2D eigenvalue weighted by Crippen LogP contribution is -2.22. The molecule has 0 saturated heterocycles. The van der Waals surface area contributed by atoms with Gasteiger partial charge in [-0.3, -0.25) is 9.59 Å². The summed E-state index contributed by atoms with van der Waals surface area (Å²) in [5.74, 6) is -1.77. The molecule has 0 fully saturated rings. The minimum Gasteiger partial charge on any atom is -0.455 e. The van der Waals surface area contributed by atoms with E-state index in [2.05, 4.69) is 10.3 Å². The zero-order valence-electron chi connectivity index (χ0n) is 12.9. The second-order valence-corrected chi connectivity index (χ2v) is 5.84. The molecule has 138 valence electrons. The number of alkyl halides is 3. The number of esters is 1. The first-order valence-corrected chi connectivity index (χ1v) is 7.84. The number of hydrogen-bond acceptors (Lipinski definition) is 4. The highest BCUT2D eigenvalue weighted by Gasteiger charge is 2.31. The van der Waals surface area contributed by atoms with Crippen LogP contribution in [0.3, 0.4) is 0 Å². The Labute approximate surface area is 156 Å². The molecule has 10 heteroatoms. The number of halogens is 5. The van der Waals surface area contributed by atoms with E-state index in [4.69, 9.17) is 27.9 Å². The molecule has 0 bridgehead atoms. The Morgan fingerprint density at radius 3 is 2.46 bits per heavy atom. The van der Waals surface area contributed by atoms with E-state index in [1.165, 1.54) is 0 Å². The van der Waals surface area contributed by atoms with Gasteiger partial charge in [-0.1, -0.05) is 41.4 Å². The Morgan fingerprint density at radius 1 is 1.15 bits per heavy atom. The molecule has 0 aliphatic heterocycles. The number of ether oxygens (including phenoxy) is 1. The van der Waals surface area contributed by atoms with Gasteiger partial charge in [-0.05, 0) is 17.7 Å². The van der Waals surface area contributed by atoms with Gasteiger partial charge in [0.2, 0.25) is 0 Å². The maximum atomic E-state index is 12.5. The normalized spacial score (nSPS) is 11.1. The minimum absolute atomic E-state index is 0.133. The van der Waals surface area contributed by atoms with Gasteiger partial charge in [-0.25, -0.2) is 4.98 Å². The first-order valence-electron chi connectivity index (χ1n) is 7.08. The van der Waals surface area contributed by atoms with E-state index >= 15 is 0 Å². The van der Waals surface area contributed by atoms with Crippen molar-refractivity contribution in [1.82, 2.24) is 4.98 Å². The average Bonchev–Trinajstić information content (AvgIpc) is 2.56. The van der Waals surface area contributed by atoms with Crippen LogP contribution in [-0.4, -0.2) is 23.5 Å². The number of aromatic nitrogens is 1. The smallest absolute Gasteiger partial charge is 0.417 e. The van der Waals surface area contributed by atoms with Gasteiger partial charge in [0, 0.05) is 11.2 Å². The molecule has 0 atom stereocenters. The van der Waals surface area contributed by atoms with E-state index in [9.17, 15) is 22.8 Å². The summed E-state index contributed by atoms with van der Waals surface area (Å²) in [6.07, 6.45) is -4.20. The fourth-order valence-electron chi connectivity index (χ4n) is 1.85. The number of pyridine rings is 1. The van der Waals surface area contributed by atoms with E-state index in [1.807, 2.05) is 0 Å². The standard InChI is InChI=1S/C16H11Cl2F3N2O3/c17-11-4-2-1-3-9(11)5-14(25)26-8-13(24)23-15-12(18)6-10(7-22-15)16(19,20)21/h1-4,6-7H,5,8H2,(H,22,23,24). The van der Waals surface area contributed by atoms with Crippen LogP contribution in [0, 0.1) is 0 Å². The molecule has 5 nitrogen and oxygen atoms in total. The fraction of sp³-hybridized carbons (Fsp3) is 0.188. The third-order valence-corrected chi connectivity index (χ3v) is 3.74. The number of nitrogens with one attached hydrogen (secondary N) is 1. The number of benzene rings is 1. The maximum absolute atomic E-state index is 12.5. The number of carbonyl (C=O) groups excluding carboxylic acids is 2. The van der Waals surface area contributed by atoms with Gasteiger partial charge >= 0.3 is 12.1 Å². The SMILES string of the molecule is O=C(COC(=O)Cc1ccccc1Cl)Nc1ncc(C(F)(F)F)cc1Cl. The number of nitrogens with zero attached hydrogens (tertiary/aromatic N) is 1. The molecular weight excluding hydrogens is 396 g/mol. The summed E-state index contributed by atoms with van der Waals surface area (Å²) >= 11 is 11.6. The predicted octanol–water partition coefficient (Wildman–Crippen LogP) is 4.13. The Kier molecular flexibility index (Phi) is 6.44. The highest BCUT2D eigenvalue weighted by molar-refractivity contribution is 6.33. The largest absolute Gasteiger partial charge is 0.455 e. The quantitative estimate of drug-likeness (QED) is 0.757. The van der Waals surface area contributed by atoms with Crippen molar-refractivity contribution < 1.29 is 27.5 Å². The summed E-state index contributed by atoms with van der Waals surface area (Å²) in [7, 11) is 0. The molecule has 1 amide bonds. The van der Waals surface area contributed by atoms with Crippen LogP contribution in [0.5, 0.6) is 0 Å². The molecule has 1 N–H and O–H groups in total. The summed E-state index contributed by atoms with van der Waals surface area (Å²) in [5, 5.41) is 2.16. The Balaban J connectivity index is 1.89. The molecule has 0 spiro atoms. The minimum atomic E-state index is -4.60. The number of carbonyl (C=O) groups is 2. The highest BCUT2D eigenvalue weighted by atomic mass is 35.5. The van der Waals surface area contributed by atoms with E-state index in [1.54, 1.807) is 24.3 Å². The van der Waals surface area contributed by atoms with Gasteiger partial charge in [0.1, 0.15) is 0 Å². The molecule has 0 unspecified atom stereocenters. The maximum Gasteiger partial charge on any atom is 0.417 e. The van der Waals surface area contributed by atoms with E-state index < -0.39 is 35.2 Å². The molecule has 0 aliphatic rings. The molecule has 0 aliphatic carbocycles. The lowest BCUT2D eigenvalue weighted by Gasteiger charge is -2.10. The summed E-state index contributed by atoms with van der Waals surface area (Å²) < 4.78 is 42.4. The van der Waals surface area contributed by atoms with E-state index in [0.29, 0.717) is 22.8 Å². The number of amides is 1. The van der Waals surface area contributed by atoms with Gasteiger partial charge in [-0.2, -0.15) is 13.2 Å². The van der Waals surface area contributed by atoms with Crippen LogP contribution in [0.25, 0.3) is 0 Å². The van der Waals surface area contributed by atoms with Crippen LogP contribution in [-0.2, 0) is 26.9 Å². The van der Waals surface area contributed by atoms with E-state index in [0.717, 1.165) is 0 Å². The third kappa shape index (κ3) is 5.60. The Hall–Kier alpha value is -2.32. The fourth-order valence-corrected chi connectivity index (χ4v) is 2.26. The highest BCUT2D eigenvalue weighted by Crippen LogP contribution is 2.32. The average molecular weight is 407 g/mol. The summed E-state index contributed by atoms with van der Waals surface area (Å²) in [4.78, 5) is 26.9. The second-order valence-electron chi connectivity index (χ2n) is 5.03. The van der Waals surface area contributed by atoms with Crippen LogP contribution < -0.4 is 5.32 Å². The van der Waals surface area contributed by atoms with Gasteiger partial charge in [0.15, 0.2) is 12.4 Å². The van der Waals surface area contributed by atoms with Crippen molar-refractivity contribution in [2.45, 2.75) is 12.6 Å². The van der Waals surface area contributed by atoms with Crippen LogP contribution in [0.2, 0.25) is 10.0 Å². The molecule has 0 radical (unpaired) electrons. The Bertz CT molecular complexity index is 829. The van der Waals surface area contributed by atoms with Crippen molar-refractivity contribution in [3.63, 3.8) is 0 Å². The van der Waals surface area contributed by atoms with Crippen molar-refractivity contribution in [3.05, 3.63) is 57.7 Å². The summed E-state index contributed by atoms with van der Waals surface area (Å²) in [5.41, 5.74) is -0.515. The van der Waals surface area contributed by atoms with Crippen molar-refractivity contribution in [2.75, 3.05) is 11.9 Å². The van der Waals surface area contributed by atoms with E-state index in [-0.39, 0.29) is 12.2 Å². The zero-order chi connectivity index (χ0) is 19.3. The second kappa shape index (κ2) is 8.37. The molecule has 2 aromatic rings. The number of rotatable bonds is 5. The third-order valence-electron chi connectivity index (χ3n) is 3.08. The van der Waals surface area contributed by atoms with Gasteiger partial charge in [0.05, 0.1) is 17.0 Å². The van der Waals surface area contributed by atoms with Crippen molar-refractivity contribution in [2.24, 2.45) is 0 Å². The first-order chi connectivity index (χ1) is 12.2. The molecule has 0 saturated carbocycles. The molecule has 1 aromatic carbocycles. The molecule has 2 rings (SSSR count). The van der Waals surface area contributed by atoms with Crippen LogP contribution in [0.1, 0.15) is 11.1 Å². The van der Waals surface area contributed by atoms with Gasteiger partial charge in [0.25, 0.3) is 5.91 Å². The predicted molar refractivity (Wildman–Crippen MR) is 89.0 cm³/mol. The lowest BCUT2D eigenvalue weighted by atomic mass is 10.1. The molecule has 1 aromatic heterocycles. The topological polar surface area (TPSA) is 68.3 Å². The molecule has 26 heavy (non-hydrogen) atoms. The molecule has 1 heterocycles. The monoisotopic (exact) mass is 406 g/mol. The summed E-state index contributed by atoms with van der Waals surface area (Å²) in [6, 6.07) is 7.27. The van der Waals surface area contributed by atoms with Crippen LogP contribution >= 0.6 is 23.2 Å². The van der Waals surface area contributed by atoms with Crippen molar-refractivity contribution in [1.29, 1.82) is 0 Å². The van der Waals surface area contributed by atoms with Crippen LogP contribution in [0.4, 0.5) is 19.0 Å². The Morgan fingerprint density at radius 2 is 1.85 bits per heavy atom. The summed E-state index contributed by atoms with van der Waals surface area (Å²) in [6.45, 7) is -0.650. The van der Waals surface area contributed by atoms with Gasteiger partial charge < -0.3 is 10.1 Å². The zero-order valence-corrected chi connectivity index (χ0v) is 14.5. The van der Waals surface area contributed by atoms with Crippen molar-refractivity contribution in [3.8, 4) is 0 Å². The van der Waals surface area contributed by atoms with Crippen molar-refractivity contribution >= 4 is 40.9 Å². The number of anilines is 1. The lowest BCUT2D eigenvalue weighted by molar-refractivity contribution is -0.146.